The van der Waals surface area contributed by atoms with E-state index in [1.54, 1.807) is 36.3 Å². The molecule has 9 heteroatoms. The summed E-state index contributed by atoms with van der Waals surface area (Å²) in [6, 6.07) is 18.5. The Morgan fingerprint density at radius 2 is 2.00 bits per heavy atom. The van der Waals surface area contributed by atoms with Crippen LogP contribution in [0.5, 0.6) is 11.5 Å². The lowest BCUT2D eigenvalue weighted by molar-refractivity contribution is -0.119. The Morgan fingerprint density at radius 3 is 2.77 bits per heavy atom. The van der Waals surface area contributed by atoms with Crippen LogP contribution >= 0.6 is 0 Å². The van der Waals surface area contributed by atoms with Gasteiger partial charge in [-0.2, -0.15) is 10.1 Å². The van der Waals surface area contributed by atoms with Crippen molar-refractivity contribution < 1.29 is 14.3 Å². The van der Waals surface area contributed by atoms with Gasteiger partial charge in [0.2, 0.25) is 11.9 Å². The van der Waals surface area contributed by atoms with Gasteiger partial charge in [0.05, 0.1) is 25.0 Å². The van der Waals surface area contributed by atoms with Crippen molar-refractivity contribution in [1.82, 2.24) is 19.7 Å². The van der Waals surface area contributed by atoms with Crippen molar-refractivity contribution in [3.05, 3.63) is 103 Å². The maximum atomic E-state index is 13.4. The Labute approximate surface area is 202 Å². The van der Waals surface area contributed by atoms with Gasteiger partial charge < -0.3 is 20.1 Å². The first-order valence-corrected chi connectivity index (χ1v) is 11.0. The number of aromatic nitrogens is 4. The van der Waals surface area contributed by atoms with Gasteiger partial charge in [0.15, 0.2) is 11.5 Å². The van der Waals surface area contributed by atoms with E-state index >= 15 is 0 Å². The first kappa shape index (κ1) is 22.1. The highest BCUT2D eigenvalue weighted by molar-refractivity contribution is 5.95. The molecule has 0 spiro atoms. The number of methoxy groups -OCH3 is 1. The number of carbonyl (C=O) groups is 1. The van der Waals surface area contributed by atoms with Crippen LogP contribution in [0.3, 0.4) is 0 Å². The smallest absolute Gasteiger partial charge is 0.236 e. The fraction of sp³-hybridized carbons (Fsp3) is 0.154. The Morgan fingerprint density at radius 1 is 1.14 bits per heavy atom. The summed E-state index contributed by atoms with van der Waals surface area (Å²) in [6.07, 6.45) is 4.68. The minimum Gasteiger partial charge on any atom is -0.493 e. The number of nitrogens with one attached hydrogen (secondary N) is 2. The summed E-state index contributed by atoms with van der Waals surface area (Å²) in [5, 5.41) is 10.4. The molecule has 2 N–H and O–H groups in total. The van der Waals surface area contributed by atoms with E-state index in [9.17, 15) is 4.79 Å². The Kier molecular flexibility index (Phi) is 6.13. The summed E-state index contributed by atoms with van der Waals surface area (Å²) in [5.41, 5.74) is 2.96. The van der Waals surface area contributed by atoms with E-state index in [1.807, 2.05) is 48.5 Å². The summed E-state index contributed by atoms with van der Waals surface area (Å²) in [4.78, 5) is 21.8. The summed E-state index contributed by atoms with van der Waals surface area (Å²) in [6.45, 7) is 4.52. The van der Waals surface area contributed by atoms with E-state index in [-0.39, 0.29) is 5.91 Å². The van der Waals surface area contributed by atoms with Crippen molar-refractivity contribution in [1.29, 1.82) is 0 Å². The van der Waals surface area contributed by atoms with Gasteiger partial charge in [-0.3, -0.25) is 9.78 Å². The Balaban J connectivity index is 1.47. The van der Waals surface area contributed by atoms with Crippen LogP contribution in [0.1, 0.15) is 17.2 Å². The molecule has 2 atom stereocenters. The third-order valence-corrected chi connectivity index (χ3v) is 5.78. The van der Waals surface area contributed by atoms with Crippen molar-refractivity contribution >= 4 is 17.5 Å². The zero-order chi connectivity index (χ0) is 24.2. The fourth-order valence-electron chi connectivity index (χ4n) is 4.11. The number of carbonyl (C=O) groups excluding carboxylic acids is 1. The molecule has 2 aromatic carbocycles. The van der Waals surface area contributed by atoms with Crippen molar-refractivity contribution in [2.45, 2.75) is 12.6 Å². The molecule has 5 rings (SSSR count). The van der Waals surface area contributed by atoms with Crippen LogP contribution in [0.2, 0.25) is 0 Å². The average Bonchev–Trinajstić information content (AvgIpc) is 3.35. The van der Waals surface area contributed by atoms with Crippen molar-refractivity contribution in [2.24, 2.45) is 5.92 Å². The number of hydrogen-bond acceptors (Lipinski definition) is 7. The molecule has 0 aliphatic carbocycles. The molecule has 9 nitrogen and oxygen atoms in total. The third kappa shape index (κ3) is 4.56. The molecular formula is C26H24N6O3. The van der Waals surface area contributed by atoms with Crippen LogP contribution in [-0.2, 0) is 11.4 Å². The van der Waals surface area contributed by atoms with Crippen LogP contribution in [0.15, 0.2) is 91.7 Å². The minimum absolute atomic E-state index is 0.245. The second-order valence-electron chi connectivity index (χ2n) is 8.02. The predicted octanol–water partition coefficient (Wildman–Crippen LogP) is 4.04. The highest BCUT2D eigenvalue weighted by atomic mass is 16.5. The van der Waals surface area contributed by atoms with Gasteiger partial charge in [0.1, 0.15) is 18.9 Å². The van der Waals surface area contributed by atoms with Gasteiger partial charge in [-0.25, -0.2) is 4.68 Å². The number of rotatable bonds is 7. The SMILES string of the molecule is C=C1Nc2ncnn2C(c2ccc(OCc3ccccc3)c(OC)c2)C1C(=O)Nc1cccnc1. The average molecular weight is 469 g/mol. The standard InChI is InChI=1S/C26H24N6O3/c1-17-23(25(33)31-20-9-6-12-27-14-20)24(32-26(30-17)28-16-29-32)19-10-11-21(22(13-19)34-2)35-15-18-7-4-3-5-8-18/h3-14,16,23-24H,1,15H2,2H3,(H,31,33)(H,28,29,30). The van der Waals surface area contributed by atoms with Gasteiger partial charge in [-0.15, -0.1) is 0 Å². The topological polar surface area (TPSA) is 103 Å². The van der Waals surface area contributed by atoms with Crippen LogP contribution in [0.25, 0.3) is 0 Å². The molecule has 0 saturated carbocycles. The number of ether oxygens (including phenoxy) is 2. The number of nitrogens with zero attached hydrogens (tertiary/aromatic N) is 4. The number of hydrogen-bond donors (Lipinski definition) is 2. The van der Waals surface area contributed by atoms with E-state index in [2.05, 4.69) is 32.3 Å². The molecule has 1 aliphatic rings. The van der Waals surface area contributed by atoms with Gasteiger partial charge in [-0.1, -0.05) is 43.0 Å². The lowest BCUT2D eigenvalue weighted by atomic mass is 9.88. The molecular weight excluding hydrogens is 444 g/mol. The normalized spacial score (nSPS) is 16.7. The van der Waals surface area contributed by atoms with Gasteiger partial charge in [0, 0.05) is 11.9 Å². The van der Waals surface area contributed by atoms with E-state index in [1.165, 1.54) is 6.33 Å². The quantitative estimate of drug-likeness (QED) is 0.422. The van der Waals surface area contributed by atoms with Crippen molar-refractivity contribution in [2.75, 3.05) is 17.7 Å². The molecule has 0 fully saturated rings. The number of pyridine rings is 1. The monoisotopic (exact) mass is 468 g/mol. The first-order chi connectivity index (χ1) is 17.1. The predicted molar refractivity (Wildman–Crippen MR) is 131 cm³/mol. The lowest BCUT2D eigenvalue weighted by Gasteiger charge is -2.34. The van der Waals surface area contributed by atoms with E-state index in [0.29, 0.717) is 35.4 Å². The second kappa shape index (κ2) is 9.68. The molecule has 0 radical (unpaired) electrons. The molecule has 35 heavy (non-hydrogen) atoms. The molecule has 1 amide bonds. The Hall–Kier alpha value is -4.66. The highest BCUT2D eigenvalue weighted by Gasteiger charge is 2.40. The molecule has 2 unspecified atom stereocenters. The maximum Gasteiger partial charge on any atom is 0.236 e. The van der Waals surface area contributed by atoms with Crippen LogP contribution in [0.4, 0.5) is 11.6 Å². The zero-order valence-corrected chi connectivity index (χ0v) is 19.1. The number of anilines is 2. The Bertz CT molecular complexity index is 1340. The highest BCUT2D eigenvalue weighted by Crippen LogP contribution is 2.40. The zero-order valence-electron chi connectivity index (χ0n) is 19.1. The fourth-order valence-corrected chi connectivity index (χ4v) is 4.11. The number of benzene rings is 2. The van der Waals surface area contributed by atoms with Crippen LogP contribution in [-0.4, -0.2) is 32.8 Å². The third-order valence-electron chi connectivity index (χ3n) is 5.78. The van der Waals surface area contributed by atoms with Gasteiger partial charge in [-0.05, 0) is 35.4 Å². The minimum atomic E-state index is -0.676. The van der Waals surface area contributed by atoms with Gasteiger partial charge >= 0.3 is 0 Å². The molecule has 3 heterocycles. The van der Waals surface area contributed by atoms with E-state index in [0.717, 1.165) is 11.1 Å². The number of amides is 1. The molecule has 0 saturated heterocycles. The lowest BCUT2D eigenvalue weighted by Crippen LogP contribution is -2.39. The van der Waals surface area contributed by atoms with E-state index in [4.69, 9.17) is 9.47 Å². The number of fused-ring (bicyclic) bond motifs is 1. The van der Waals surface area contributed by atoms with Gasteiger partial charge in [0.25, 0.3) is 0 Å². The first-order valence-electron chi connectivity index (χ1n) is 11.0. The summed E-state index contributed by atoms with van der Waals surface area (Å²) in [7, 11) is 1.59. The van der Waals surface area contributed by atoms with E-state index < -0.39 is 12.0 Å². The second-order valence-corrected chi connectivity index (χ2v) is 8.02. The molecule has 0 bridgehead atoms. The van der Waals surface area contributed by atoms with Crippen LogP contribution in [0, 0.1) is 5.92 Å². The molecule has 1 aliphatic heterocycles. The molecule has 4 aromatic rings. The maximum absolute atomic E-state index is 13.4. The summed E-state index contributed by atoms with van der Waals surface area (Å²) < 4.78 is 13.3. The molecule has 2 aromatic heterocycles. The van der Waals surface area contributed by atoms with Crippen LogP contribution < -0.4 is 20.1 Å². The van der Waals surface area contributed by atoms with Crippen molar-refractivity contribution in [3.8, 4) is 11.5 Å². The summed E-state index contributed by atoms with van der Waals surface area (Å²) >= 11 is 0. The molecule has 176 valence electrons. The summed E-state index contributed by atoms with van der Waals surface area (Å²) in [5.74, 6) is 0.739. The largest absolute Gasteiger partial charge is 0.493 e. The van der Waals surface area contributed by atoms with Crippen molar-refractivity contribution in [3.63, 3.8) is 0 Å².